The Morgan fingerprint density at radius 1 is 1.27 bits per heavy atom. The van der Waals surface area contributed by atoms with Gasteiger partial charge in [0.25, 0.3) is 11.8 Å². The van der Waals surface area contributed by atoms with Crippen LogP contribution in [0.15, 0.2) is 18.2 Å². The lowest BCUT2D eigenvalue weighted by molar-refractivity contribution is -0.142. The third kappa shape index (κ3) is 2.12. The van der Waals surface area contributed by atoms with Crippen LogP contribution in [-0.2, 0) is 22.6 Å². The van der Waals surface area contributed by atoms with Crippen molar-refractivity contribution in [3.63, 3.8) is 0 Å². The highest BCUT2D eigenvalue weighted by molar-refractivity contribution is 6.07. The third-order valence-electron chi connectivity index (χ3n) is 4.72. The number of aryl methyl sites for hydroxylation is 1. The quantitative estimate of drug-likeness (QED) is 0.865. The van der Waals surface area contributed by atoms with E-state index in [2.05, 4.69) is 12.2 Å². The van der Waals surface area contributed by atoms with Gasteiger partial charge in [0, 0.05) is 18.5 Å². The zero-order valence-electron chi connectivity index (χ0n) is 12.9. The van der Waals surface area contributed by atoms with E-state index in [-0.39, 0.29) is 24.1 Å². The van der Waals surface area contributed by atoms with Gasteiger partial charge >= 0.3 is 0 Å². The number of hydrogen-bond donors (Lipinski definition) is 1. The van der Waals surface area contributed by atoms with E-state index in [1.54, 1.807) is 11.8 Å². The molecule has 116 valence electrons. The van der Waals surface area contributed by atoms with E-state index >= 15 is 0 Å². The predicted molar refractivity (Wildman–Crippen MR) is 81.1 cm³/mol. The van der Waals surface area contributed by atoms with Crippen molar-refractivity contribution in [3.05, 3.63) is 34.9 Å². The Labute approximate surface area is 129 Å². The number of hydrogen-bond acceptors (Lipinski definition) is 3. The minimum atomic E-state index is -0.951. The number of carbonyl (C=O) groups is 3. The van der Waals surface area contributed by atoms with Crippen LogP contribution in [0.25, 0.3) is 0 Å². The van der Waals surface area contributed by atoms with E-state index in [4.69, 9.17) is 0 Å². The Morgan fingerprint density at radius 2 is 2.05 bits per heavy atom. The molecular formula is C17H20N2O3. The lowest BCUT2D eigenvalue weighted by Gasteiger charge is -2.39. The number of rotatable bonds is 3. The van der Waals surface area contributed by atoms with Crippen LogP contribution >= 0.6 is 0 Å². The first-order valence-corrected chi connectivity index (χ1v) is 7.74. The van der Waals surface area contributed by atoms with Gasteiger partial charge in [-0.15, -0.1) is 0 Å². The number of benzene rings is 1. The molecule has 0 bridgehead atoms. The fourth-order valence-electron chi connectivity index (χ4n) is 3.36. The maximum Gasteiger partial charge on any atom is 0.255 e. The second-order valence-corrected chi connectivity index (χ2v) is 6.24. The molecule has 1 fully saturated rings. The average Bonchev–Trinajstić information content (AvgIpc) is 2.83. The normalized spacial score (nSPS) is 24.5. The van der Waals surface area contributed by atoms with Crippen LogP contribution in [0.2, 0.25) is 0 Å². The molecular weight excluding hydrogens is 280 g/mol. The van der Waals surface area contributed by atoms with Crippen LogP contribution in [-0.4, -0.2) is 28.2 Å². The largest absolute Gasteiger partial charge is 0.320 e. The highest BCUT2D eigenvalue weighted by atomic mass is 16.2. The van der Waals surface area contributed by atoms with E-state index in [0.717, 1.165) is 29.5 Å². The topological polar surface area (TPSA) is 66.5 Å². The number of piperidine rings is 1. The lowest BCUT2D eigenvalue weighted by Crippen LogP contribution is -2.61. The lowest BCUT2D eigenvalue weighted by atomic mass is 9.89. The van der Waals surface area contributed by atoms with Gasteiger partial charge in [0.05, 0.1) is 0 Å². The molecule has 3 rings (SSSR count). The average molecular weight is 300 g/mol. The second kappa shape index (κ2) is 5.23. The van der Waals surface area contributed by atoms with Crippen molar-refractivity contribution in [2.24, 2.45) is 0 Å². The van der Waals surface area contributed by atoms with Crippen LogP contribution < -0.4 is 5.32 Å². The van der Waals surface area contributed by atoms with Crippen molar-refractivity contribution in [1.82, 2.24) is 10.2 Å². The summed E-state index contributed by atoms with van der Waals surface area (Å²) in [7, 11) is 0. The molecule has 2 aliphatic heterocycles. The van der Waals surface area contributed by atoms with Crippen molar-refractivity contribution in [2.45, 2.75) is 51.6 Å². The summed E-state index contributed by atoms with van der Waals surface area (Å²) >= 11 is 0. The zero-order valence-corrected chi connectivity index (χ0v) is 12.9. The minimum absolute atomic E-state index is 0.0916. The number of nitrogens with one attached hydrogen (secondary N) is 1. The Balaban J connectivity index is 1.96. The number of fused-ring (bicyclic) bond motifs is 1. The number of nitrogens with zero attached hydrogens (tertiary/aromatic N) is 1. The third-order valence-corrected chi connectivity index (χ3v) is 4.72. The molecule has 3 amide bonds. The van der Waals surface area contributed by atoms with Crippen LogP contribution in [0.4, 0.5) is 0 Å². The number of amides is 3. The standard InChI is InChI=1S/C17H20N2O3/c1-3-5-11-6-4-7-12-10-19(15(21)14(11)12)17(2)9-8-13(20)18-16(17)22/h4,6-7H,3,5,8-10H2,1-2H3,(H,18,20,22). The molecule has 1 aromatic carbocycles. The fourth-order valence-corrected chi connectivity index (χ4v) is 3.36. The molecule has 1 saturated heterocycles. The smallest absolute Gasteiger partial charge is 0.255 e. The highest BCUT2D eigenvalue weighted by Crippen LogP contribution is 2.35. The maximum atomic E-state index is 12.9. The van der Waals surface area contributed by atoms with Gasteiger partial charge in [-0.3, -0.25) is 19.7 Å². The molecule has 0 aliphatic carbocycles. The van der Waals surface area contributed by atoms with Crippen LogP contribution in [0.3, 0.4) is 0 Å². The molecule has 0 aromatic heterocycles. The van der Waals surface area contributed by atoms with Crippen molar-refractivity contribution in [2.75, 3.05) is 0 Å². The van der Waals surface area contributed by atoms with Gasteiger partial charge in [0.1, 0.15) is 5.54 Å². The minimum Gasteiger partial charge on any atom is -0.320 e. The Bertz CT molecular complexity index is 668. The Kier molecular flexibility index (Phi) is 3.51. The van der Waals surface area contributed by atoms with Gasteiger partial charge in [-0.25, -0.2) is 0 Å². The summed E-state index contributed by atoms with van der Waals surface area (Å²) < 4.78 is 0. The van der Waals surface area contributed by atoms with Crippen molar-refractivity contribution < 1.29 is 14.4 Å². The highest BCUT2D eigenvalue weighted by Gasteiger charge is 2.48. The second-order valence-electron chi connectivity index (χ2n) is 6.24. The van der Waals surface area contributed by atoms with E-state index in [9.17, 15) is 14.4 Å². The summed E-state index contributed by atoms with van der Waals surface area (Å²) in [5, 5.41) is 2.36. The zero-order chi connectivity index (χ0) is 15.9. The van der Waals surface area contributed by atoms with Crippen molar-refractivity contribution in [3.8, 4) is 0 Å². The molecule has 1 N–H and O–H groups in total. The molecule has 5 heteroatoms. The van der Waals surface area contributed by atoms with E-state index in [1.165, 1.54) is 0 Å². The van der Waals surface area contributed by atoms with Gasteiger partial charge in [0.15, 0.2) is 0 Å². The predicted octanol–water partition coefficient (Wildman–Crippen LogP) is 1.79. The van der Waals surface area contributed by atoms with Crippen molar-refractivity contribution in [1.29, 1.82) is 0 Å². The van der Waals surface area contributed by atoms with Gasteiger partial charge in [0.2, 0.25) is 5.91 Å². The number of carbonyl (C=O) groups excluding carboxylic acids is 3. The summed E-state index contributed by atoms with van der Waals surface area (Å²) in [6.45, 7) is 4.26. The number of imide groups is 1. The molecule has 2 aliphatic rings. The van der Waals surface area contributed by atoms with Gasteiger partial charge < -0.3 is 4.90 Å². The first kappa shape index (κ1) is 14.8. The van der Waals surface area contributed by atoms with Gasteiger partial charge in [-0.2, -0.15) is 0 Å². The molecule has 0 saturated carbocycles. The molecule has 22 heavy (non-hydrogen) atoms. The van der Waals surface area contributed by atoms with E-state index < -0.39 is 5.54 Å². The van der Waals surface area contributed by atoms with Crippen LogP contribution in [0, 0.1) is 0 Å². The molecule has 2 heterocycles. The molecule has 5 nitrogen and oxygen atoms in total. The fraction of sp³-hybridized carbons (Fsp3) is 0.471. The van der Waals surface area contributed by atoms with E-state index in [0.29, 0.717) is 13.0 Å². The molecule has 1 aromatic rings. The maximum absolute atomic E-state index is 12.9. The first-order chi connectivity index (χ1) is 10.5. The summed E-state index contributed by atoms with van der Waals surface area (Å²) in [4.78, 5) is 38.2. The Hall–Kier alpha value is -2.17. The molecule has 0 spiro atoms. The van der Waals surface area contributed by atoms with Gasteiger partial charge in [-0.1, -0.05) is 31.5 Å². The SMILES string of the molecule is CCCc1cccc2c1C(=O)N(C1(C)CCC(=O)NC1=O)C2. The van der Waals surface area contributed by atoms with Gasteiger partial charge in [-0.05, 0) is 30.9 Å². The Morgan fingerprint density at radius 3 is 2.73 bits per heavy atom. The van der Waals surface area contributed by atoms with Crippen LogP contribution in [0.5, 0.6) is 0 Å². The van der Waals surface area contributed by atoms with Crippen LogP contribution in [0.1, 0.15) is 54.6 Å². The molecule has 0 radical (unpaired) electrons. The summed E-state index contributed by atoms with van der Waals surface area (Å²) in [6, 6.07) is 5.89. The monoisotopic (exact) mass is 300 g/mol. The summed E-state index contributed by atoms with van der Waals surface area (Å²) in [5.74, 6) is -0.730. The van der Waals surface area contributed by atoms with Crippen molar-refractivity contribution >= 4 is 17.7 Å². The molecule has 1 atom stereocenters. The summed E-state index contributed by atoms with van der Waals surface area (Å²) in [6.07, 6.45) is 2.46. The summed E-state index contributed by atoms with van der Waals surface area (Å²) in [5.41, 5.74) is 1.81. The van der Waals surface area contributed by atoms with E-state index in [1.807, 2.05) is 18.2 Å². The molecule has 1 unspecified atom stereocenters. The first-order valence-electron chi connectivity index (χ1n) is 7.74.